The van der Waals surface area contributed by atoms with Crippen LogP contribution in [-0.2, 0) is 0 Å². The van der Waals surface area contributed by atoms with E-state index in [0.717, 1.165) is 0 Å². The van der Waals surface area contributed by atoms with Crippen LogP contribution in [0.15, 0.2) is 24.3 Å². The van der Waals surface area contributed by atoms with E-state index < -0.39 is 6.10 Å². The molecule has 0 saturated heterocycles. The summed E-state index contributed by atoms with van der Waals surface area (Å²) in [5.74, 6) is 0.631. The summed E-state index contributed by atoms with van der Waals surface area (Å²) in [7, 11) is 0. The van der Waals surface area contributed by atoms with Crippen molar-refractivity contribution in [2.75, 3.05) is 6.61 Å². The van der Waals surface area contributed by atoms with Crippen molar-refractivity contribution >= 4 is 11.6 Å². The first-order valence-corrected chi connectivity index (χ1v) is 4.53. The van der Waals surface area contributed by atoms with E-state index in [1.807, 2.05) is 6.07 Å². The fourth-order valence-electron chi connectivity index (χ4n) is 0.888. The highest BCUT2D eigenvalue weighted by Gasteiger charge is 2.03. The Morgan fingerprint density at radius 3 is 2.64 bits per heavy atom. The molecule has 74 valence electrons. The van der Waals surface area contributed by atoms with Crippen molar-refractivity contribution in [1.29, 1.82) is 5.26 Å². The van der Waals surface area contributed by atoms with Gasteiger partial charge in [-0.3, -0.25) is 0 Å². The molecular weight excluding hydrogens is 202 g/mol. The number of hydrogen-bond donors (Lipinski definition) is 1. The molecule has 1 aromatic carbocycles. The molecule has 4 heteroatoms. The van der Waals surface area contributed by atoms with Crippen LogP contribution in [0.3, 0.4) is 0 Å². The van der Waals surface area contributed by atoms with Gasteiger partial charge in [-0.2, -0.15) is 5.26 Å². The van der Waals surface area contributed by atoms with Crippen molar-refractivity contribution in [3.63, 3.8) is 0 Å². The maximum absolute atomic E-state index is 9.19. The fraction of sp³-hybridized carbons (Fsp3) is 0.300. The van der Waals surface area contributed by atoms with Crippen LogP contribution >= 0.6 is 11.6 Å². The van der Waals surface area contributed by atoms with Crippen LogP contribution in [0.4, 0.5) is 0 Å². The number of benzene rings is 1. The third-order valence-corrected chi connectivity index (χ3v) is 1.83. The topological polar surface area (TPSA) is 53.2 Å². The highest BCUT2D eigenvalue weighted by Crippen LogP contribution is 2.15. The zero-order valence-electron chi connectivity index (χ0n) is 7.48. The van der Waals surface area contributed by atoms with Gasteiger partial charge in [-0.05, 0) is 24.3 Å². The van der Waals surface area contributed by atoms with Gasteiger partial charge in [-0.25, -0.2) is 0 Å². The first kappa shape index (κ1) is 10.8. The number of ether oxygens (including phenoxy) is 1. The summed E-state index contributed by atoms with van der Waals surface area (Å²) in [6.45, 7) is 0.120. The highest BCUT2D eigenvalue weighted by atomic mass is 35.5. The molecule has 0 aliphatic rings. The number of aliphatic hydroxyl groups is 1. The van der Waals surface area contributed by atoms with E-state index in [2.05, 4.69) is 0 Å². The molecule has 0 saturated carbocycles. The van der Waals surface area contributed by atoms with E-state index in [4.69, 9.17) is 21.6 Å². The van der Waals surface area contributed by atoms with Crippen LogP contribution in [0, 0.1) is 11.3 Å². The summed E-state index contributed by atoms with van der Waals surface area (Å²) in [4.78, 5) is 0. The molecular formula is C10H10ClNO2. The Morgan fingerprint density at radius 1 is 1.43 bits per heavy atom. The molecule has 1 N–H and O–H groups in total. The van der Waals surface area contributed by atoms with Gasteiger partial charge in [0.1, 0.15) is 18.5 Å². The molecule has 0 amide bonds. The zero-order valence-corrected chi connectivity index (χ0v) is 8.24. The Labute approximate surface area is 87.5 Å². The second-order valence-corrected chi connectivity index (χ2v) is 3.22. The molecule has 1 atom stereocenters. The van der Waals surface area contributed by atoms with Crippen LogP contribution in [0.25, 0.3) is 0 Å². The molecule has 0 aliphatic heterocycles. The van der Waals surface area contributed by atoms with Crippen LogP contribution in [0.5, 0.6) is 5.75 Å². The molecule has 0 heterocycles. The number of hydrogen-bond acceptors (Lipinski definition) is 3. The van der Waals surface area contributed by atoms with Gasteiger partial charge in [0.05, 0.1) is 12.5 Å². The number of nitrogens with zero attached hydrogens (tertiary/aromatic N) is 1. The van der Waals surface area contributed by atoms with Gasteiger partial charge in [0.15, 0.2) is 0 Å². The maximum atomic E-state index is 9.19. The smallest absolute Gasteiger partial charge is 0.119 e. The molecule has 0 aromatic heterocycles. The van der Waals surface area contributed by atoms with Crippen molar-refractivity contribution in [2.24, 2.45) is 0 Å². The van der Waals surface area contributed by atoms with Gasteiger partial charge < -0.3 is 9.84 Å². The standard InChI is InChI=1S/C10H10ClNO2/c11-8-1-3-10(4-2-8)14-7-9(13)5-6-12/h1-4,9,13H,5,7H2/t9-/m0/s1. The summed E-state index contributed by atoms with van der Waals surface area (Å²) < 4.78 is 5.22. The minimum absolute atomic E-state index is 0.0770. The Balaban J connectivity index is 2.39. The minimum atomic E-state index is -0.740. The Morgan fingerprint density at radius 2 is 2.07 bits per heavy atom. The van der Waals surface area contributed by atoms with Crippen LogP contribution in [0.2, 0.25) is 5.02 Å². The summed E-state index contributed by atoms with van der Waals surface area (Å²) in [6, 6.07) is 8.69. The second kappa shape index (κ2) is 5.48. The van der Waals surface area contributed by atoms with Gasteiger partial charge in [-0.15, -0.1) is 0 Å². The average molecular weight is 212 g/mol. The highest BCUT2D eigenvalue weighted by molar-refractivity contribution is 6.30. The second-order valence-electron chi connectivity index (χ2n) is 2.78. The van der Waals surface area contributed by atoms with Gasteiger partial charge in [0.25, 0.3) is 0 Å². The number of halogens is 1. The summed E-state index contributed by atoms with van der Waals surface area (Å²) in [5, 5.41) is 18.1. The van der Waals surface area contributed by atoms with Crippen LogP contribution < -0.4 is 4.74 Å². The monoisotopic (exact) mass is 211 g/mol. The first-order chi connectivity index (χ1) is 6.72. The largest absolute Gasteiger partial charge is 0.491 e. The quantitative estimate of drug-likeness (QED) is 0.829. The van der Waals surface area contributed by atoms with E-state index >= 15 is 0 Å². The summed E-state index contributed by atoms with van der Waals surface area (Å²) >= 11 is 5.68. The van der Waals surface area contributed by atoms with Gasteiger partial charge in [0.2, 0.25) is 0 Å². The molecule has 3 nitrogen and oxygen atoms in total. The molecule has 1 aromatic rings. The third-order valence-electron chi connectivity index (χ3n) is 1.58. The summed E-state index contributed by atoms with van der Waals surface area (Å²) in [5.41, 5.74) is 0. The van der Waals surface area contributed by atoms with E-state index in [9.17, 15) is 5.11 Å². The SMILES string of the molecule is N#CC[C@H](O)COc1ccc(Cl)cc1. The molecule has 0 fully saturated rings. The van der Waals surface area contributed by atoms with Crippen molar-refractivity contribution in [1.82, 2.24) is 0 Å². The molecule has 14 heavy (non-hydrogen) atoms. The number of rotatable bonds is 4. The Bertz CT molecular complexity index is 318. The van der Waals surface area contributed by atoms with Crippen LogP contribution in [0.1, 0.15) is 6.42 Å². The lowest BCUT2D eigenvalue weighted by Crippen LogP contribution is -2.16. The predicted molar refractivity (Wildman–Crippen MR) is 53.2 cm³/mol. The Kier molecular flexibility index (Phi) is 4.24. The van der Waals surface area contributed by atoms with Gasteiger partial charge in [-0.1, -0.05) is 11.6 Å². The molecule has 1 rings (SSSR count). The van der Waals surface area contributed by atoms with E-state index in [1.54, 1.807) is 24.3 Å². The zero-order chi connectivity index (χ0) is 10.4. The molecule has 0 spiro atoms. The van der Waals surface area contributed by atoms with Gasteiger partial charge in [0, 0.05) is 5.02 Å². The first-order valence-electron chi connectivity index (χ1n) is 4.16. The van der Waals surface area contributed by atoms with Gasteiger partial charge >= 0.3 is 0 Å². The minimum Gasteiger partial charge on any atom is -0.491 e. The Hall–Kier alpha value is -1.24. The normalized spacial score (nSPS) is 11.8. The predicted octanol–water partition coefficient (Wildman–Crippen LogP) is 1.99. The number of nitriles is 1. The van der Waals surface area contributed by atoms with E-state index in [1.165, 1.54) is 0 Å². The summed E-state index contributed by atoms with van der Waals surface area (Å²) in [6.07, 6.45) is -0.663. The molecule has 0 bridgehead atoms. The maximum Gasteiger partial charge on any atom is 0.119 e. The lowest BCUT2D eigenvalue weighted by Gasteiger charge is -2.08. The lowest BCUT2D eigenvalue weighted by molar-refractivity contribution is 0.111. The van der Waals surface area contributed by atoms with E-state index in [-0.39, 0.29) is 13.0 Å². The van der Waals surface area contributed by atoms with Crippen molar-refractivity contribution in [3.8, 4) is 11.8 Å². The van der Waals surface area contributed by atoms with Crippen molar-refractivity contribution in [2.45, 2.75) is 12.5 Å². The fourth-order valence-corrected chi connectivity index (χ4v) is 1.01. The molecule has 0 unspecified atom stereocenters. The van der Waals surface area contributed by atoms with E-state index in [0.29, 0.717) is 10.8 Å². The van der Waals surface area contributed by atoms with Crippen molar-refractivity contribution < 1.29 is 9.84 Å². The molecule has 0 aliphatic carbocycles. The third kappa shape index (κ3) is 3.65. The van der Waals surface area contributed by atoms with Crippen molar-refractivity contribution in [3.05, 3.63) is 29.3 Å². The lowest BCUT2D eigenvalue weighted by atomic mass is 10.3. The molecule has 0 radical (unpaired) electrons. The van der Waals surface area contributed by atoms with Crippen LogP contribution in [-0.4, -0.2) is 17.8 Å². The average Bonchev–Trinajstić information content (AvgIpc) is 2.17. The number of aliphatic hydroxyl groups excluding tert-OH is 1.